The third-order valence-corrected chi connectivity index (χ3v) is 4.39. The molecule has 0 spiro atoms. The quantitative estimate of drug-likeness (QED) is 0.336. The fraction of sp³-hybridized carbons (Fsp3) is 0.500. The molecule has 0 aliphatic carbocycles. The van der Waals surface area contributed by atoms with Crippen LogP contribution in [0.1, 0.15) is 33.3 Å². The second-order valence-corrected chi connectivity index (χ2v) is 9.95. The van der Waals surface area contributed by atoms with Gasteiger partial charge in [-0.25, -0.2) is 0 Å². The number of nitro groups is 1. The zero-order valence-corrected chi connectivity index (χ0v) is 15.3. The summed E-state index contributed by atoms with van der Waals surface area (Å²) in [5, 5.41) is 14.9. The van der Waals surface area contributed by atoms with E-state index in [0.717, 1.165) is 5.71 Å². The van der Waals surface area contributed by atoms with Gasteiger partial charge in [-0.3, -0.25) is 10.1 Å². The molecule has 1 unspecified atom stereocenters. The minimum atomic E-state index is -2.62. The standard InChI is InChI=1S/C14H21N2O4PS/c1-10-9-12(7-8-13(10)16(17)18)19-21(6,22)20-15-11(2)14(3,4)5/h7-9H,1-6H3/b15-11+. The molecule has 0 fully saturated rings. The summed E-state index contributed by atoms with van der Waals surface area (Å²) in [7, 11) is 0. The van der Waals surface area contributed by atoms with Crippen LogP contribution in [0, 0.1) is 22.5 Å². The Morgan fingerprint density at radius 3 is 2.45 bits per heavy atom. The lowest BCUT2D eigenvalue weighted by Gasteiger charge is -2.20. The van der Waals surface area contributed by atoms with Gasteiger partial charge in [0.15, 0.2) is 0 Å². The van der Waals surface area contributed by atoms with Crippen molar-refractivity contribution in [3.8, 4) is 5.75 Å². The summed E-state index contributed by atoms with van der Waals surface area (Å²) in [5.74, 6) is 0.442. The van der Waals surface area contributed by atoms with Crippen molar-refractivity contribution >= 4 is 29.7 Å². The lowest BCUT2D eigenvalue weighted by atomic mass is 9.91. The van der Waals surface area contributed by atoms with E-state index < -0.39 is 11.4 Å². The summed E-state index contributed by atoms with van der Waals surface area (Å²) in [6.07, 6.45) is 0. The van der Waals surface area contributed by atoms with E-state index in [9.17, 15) is 10.1 Å². The lowest BCUT2D eigenvalue weighted by Crippen LogP contribution is -2.17. The molecular weight excluding hydrogens is 323 g/mol. The Labute approximate surface area is 135 Å². The molecular formula is C14H21N2O4PS. The van der Waals surface area contributed by atoms with Crippen molar-refractivity contribution in [1.82, 2.24) is 0 Å². The van der Waals surface area contributed by atoms with Crippen molar-refractivity contribution in [2.45, 2.75) is 34.6 Å². The second kappa shape index (κ2) is 6.75. The first-order valence-corrected chi connectivity index (χ1v) is 9.77. The molecule has 0 N–H and O–H groups in total. The minimum Gasteiger partial charge on any atom is -0.434 e. The molecule has 6 nitrogen and oxygen atoms in total. The van der Waals surface area contributed by atoms with Gasteiger partial charge in [-0.1, -0.05) is 25.9 Å². The molecule has 1 atom stereocenters. The molecule has 0 aromatic heterocycles. The first-order valence-electron chi connectivity index (χ1n) is 6.68. The van der Waals surface area contributed by atoms with Crippen LogP contribution in [0.25, 0.3) is 0 Å². The Bertz CT molecular complexity index is 653. The molecule has 0 saturated heterocycles. The average molecular weight is 344 g/mol. The largest absolute Gasteiger partial charge is 0.434 e. The maximum absolute atomic E-state index is 10.8. The van der Waals surface area contributed by atoms with Gasteiger partial charge in [0.05, 0.1) is 10.6 Å². The van der Waals surface area contributed by atoms with E-state index in [1.54, 1.807) is 19.7 Å². The van der Waals surface area contributed by atoms with E-state index in [0.29, 0.717) is 11.3 Å². The van der Waals surface area contributed by atoms with E-state index in [1.165, 1.54) is 12.1 Å². The van der Waals surface area contributed by atoms with Crippen molar-refractivity contribution in [2.75, 3.05) is 6.66 Å². The highest BCUT2D eigenvalue weighted by atomic mass is 32.5. The van der Waals surface area contributed by atoms with Crippen LogP contribution in [0.15, 0.2) is 23.4 Å². The number of hydrogen-bond donors (Lipinski definition) is 0. The van der Waals surface area contributed by atoms with Crippen molar-refractivity contribution in [3.05, 3.63) is 33.9 Å². The fourth-order valence-electron chi connectivity index (χ4n) is 1.37. The van der Waals surface area contributed by atoms with Crippen LogP contribution in [0.5, 0.6) is 5.75 Å². The van der Waals surface area contributed by atoms with Gasteiger partial charge in [0.1, 0.15) is 5.75 Å². The first kappa shape index (κ1) is 18.6. The van der Waals surface area contributed by atoms with Gasteiger partial charge in [-0.2, -0.15) is 0 Å². The van der Waals surface area contributed by atoms with Gasteiger partial charge in [-0.15, -0.1) is 0 Å². The summed E-state index contributed by atoms with van der Waals surface area (Å²) in [4.78, 5) is 10.4. The Morgan fingerprint density at radius 2 is 2.00 bits per heavy atom. The number of nitrogens with zero attached hydrogens (tertiary/aromatic N) is 2. The number of oxime groups is 1. The van der Waals surface area contributed by atoms with Crippen molar-refractivity contribution < 1.29 is 14.1 Å². The number of hydrogen-bond acceptors (Lipinski definition) is 6. The molecule has 0 heterocycles. The third kappa shape index (κ3) is 5.39. The molecule has 0 amide bonds. The summed E-state index contributed by atoms with van der Waals surface area (Å²) >= 11 is 5.32. The summed E-state index contributed by atoms with van der Waals surface area (Å²) in [5.41, 5.74) is 1.25. The van der Waals surface area contributed by atoms with E-state index in [1.807, 2.05) is 27.7 Å². The average Bonchev–Trinajstić information content (AvgIpc) is 2.33. The smallest absolute Gasteiger partial charge is 0.309 e. The summed E-state index contributed by atoms with van der Waals surface area (Å²) in [6.45, 7) is 8.62. The highest BCUT2D eigenvalue weighted by Crippen LogP contribution is 2.46. The van der Waals surface area contributed by atoms with Gasteiger partial charge < -0.3 is 9.15 Å². The highest BCUT2D eigenvalue weighted by Gasteiger charge is 2.20. The molecule has 1 aromatic carbocycles. The molecule has 0 aliphatic rings. The summed E-state index contributed by atoms with van der Waals surface area (Å²) in [6, 6.07) is 4.48. The molecule has 1 aromatic rings. The predicted octanol–water partition coefficient (Wildman–Crippen LogP) is 4.66. The predicted molar refractivity (Wildman–Crippen MR) is 92.3 cm³/mol. The minimum absolute atomic E-state index is 0.0410. The maximum Gasteiger partial charge on any atom is 0.309 e. The van der Waals surface area contributed by atoms with Gasteiger partial charge in [0, 0.05) is 23.7 Å². The Hall–Kier alpha value is -1.46. The lowest BCUT2D eigenvalue weighted by molar-refractivity contribution is -0.385. The molecule has 8 heteroatoms. The van der Waals surface area contributed by atoms with E-state index in [-0.39, 0.29) is 11.1 Å². The molecule has 22 heavy (non-hydrogen) atoms. The third-order valence-electron chi connectivity index (χ3n) is 3.05. The highest BCUT2D eigenvalue weighted by molar-refractivity contribution is 8.09. The van der Waals surface area contributed by atoms with Crippen LogP contribution >= 0.6 is 6.49 Å². The zero-order chi connectivity index (χ0) is 17.1. The van der Waals surface area contributed by atoms with Crippen LogP contribution in [0.4, 0.5) is 5.69 Å². The summed E-state index contributed by atoms with van der Waals surface area (Å²) < 4.78 is 11.1. The Morgan fingerprint density at radius 1 is 1.41 bits per heavy atom. The van der Waals surface area contributed by atoms with Gasteiger partial charge in [-0.05, 0) is 37.8 Å². The molecule has 0 bridgehead atoms. The SMILES string of the molecule is C/C(=N\OP(C)(=S)Oc1ccc([N+](=O)[O-])c(C)c1)C(C)(C)C. The molecule has 0 radical (unpaired) electrons. The molecule has 0 aliphatic heterocycles. The second-order valence-electron chi connectivity index (χ2n) is 6.08. The van der Waals surface area contributed by atoms with Crippen LogP contribution in [-0.4, -0.2) is 17.3 Å². The zero-order valence-electron chi connectivity index (χ0n) is 13.6. The van der Waals surface area contributed by atoms with Crippen molar-refractivity contribution in [2.24, 2.45) is 10.6 Å². The monoisotopic (exact) mass is 344 g/mol. The molecule has 122 valence electrons. The molecule has 1 rings (SSSR count). The maximum atomic E-state index is 10.8. The van der Waals surface area contributed by atoms with E-state index >= 15 is 0 Å². The van der Waals surface area contributed by atoms with Crippen LogP contribution in [0.3, 0.4) is 0 Å². The van der Waals surface area contributed by atoms with Gasteiger partial charge in [0.2, 0.25) is 0 Å². The number of benzene rings is 1. The Balaban J connectivity index is 2.87. The van der Waals surface area contributed by atoms with Gasteiger partial charge in [0.25, 0.3) is 5.69 Å². The normalized spacial score (nSPS) is 15.1. The van der Waals surface area contributed by atoms with Crippen LogP contribution in [0.2, 0.25) is 0 Å². The van der Waals surface area contributed by atoms with E-state index in [2.05, 4.69) is 5.16 Å². The van der Waals surface area contributed by atoms with Crippen LogP contribution in [-0.2, 0) is 16.4 Å². The van der Waals surface area contributed by atoms with Crippen LogP contribution < -0.4 is 4.52 Å². The Kier molecular flexibility index (Phi) is 5.70. The van der Waals surface area contributed by atoms with Gasteiger partial charge >= 0.3 is 6.49 Å². The number of rotatable bonds is 5. The number of aryl methyl sites for hydroxylation is 1. The van der Waals surface area contributed by atoms with Crippen molar-refractivity contribution in [3.63, 3.8) is 0 Å². The first-order chi connectivity index (χ1) is 9.92. The number of nitro benzene ring substituents is 1. The fourth-order valence-corrected chi connectivity index (χ4v) is 2.53. The molecule has 0 saturated carbocycles. The van der Waals surface area contributed by atoms with Crippen molar-refractivity contribution in [1.29, 1.82) is 0 Å². The van der Waals surface area contributed by atoms with E-state index in [4.69, 9.17) is 21.0 Å². The topological polar surface area (TPSA) is 74.0 Å².